The van der Waals surface area contributed by atoms with Gasteiger partial charge < -0.3 is 0 Å². The van der Waals surface area contributed by atoms with Crippen LogP contribution in [0.2, 0.25) is 0 Å². The Balaban J connectivity index is 2.32. The molecule has 1 aromatic rings. The van der Waals surface area contributed by atoms with Gasteiger partial charge in [-0.25, -0.2) is 13.1 Å². The second kappa shape index (κ2) is 3.89. The molecular weight excluding hydrogens is 224 g/mol. The van der Waals surface area contributed by atoms with Gasteiger partial charge in [0.15, 0.2) is 0 Å². The van der Waals surface area contributed by atoms with E-state index in [9.17, 15) is 8.42 Å². The van der Waals surface area contributed by atoms with Crippen molar-refractivity contribution in [3.8, 4) is 6.07 Å². The van der Waals surface area contributed by atoms with Crippen molar-refractivity contribution >= 4 is 10.0 Å². The Labute approximate surface area is 95.0 Å². The Kier molecular flexibility index (Phi) is 2.70. The van der Waals surface area contributed by atoms with Crippen molar-refractivity contribution in [3.63, 3.8) is 0 Å². The molecule has 1 aromatic carbocycles. The van der Waals surface area contributed by atoms with E-state index in [-0.39, 0.29) is 16.5 Å². The molecule has 2 unspecified atom stereocenters. The van der Waals surface area contributed by atoms with Crippen LogP contribution < -0.4 is 4.72 Å². The summed E-state index contributed by atoms with van der Waals surface area (Å²) < 4.78 is 26.5. The standard InChI is InChI=1S/C11H12N2O2S/c1-8-6-10(8)13-16(14,15)11-5-3-2-4-9(11)7-12/h2-5,8,10,13H,6H2,1H3. The van der Waals surface area contributed by atoms with Crippen molar-refractivity contribution in [2.45, 2.75) is 24.3 Å². The van der Waals surface area contributed by atoms with E-state index in [0.29, 0.717) is 5.92 Å². The summed E-state index contributed by atoms with van der Waals surface area (Å²) in [6.45, 7) is 1.99. The fourth-order valence-corrected chi connectivity index (χ4v) is 3.06. The van der Waals surface area contributed by atoms with Crippen LogP contribution in [0.4, 0.5) is 0 Å². The number of nitriles is 1. The van der Waals surface area contributed by atoms with E-state index in [1.165, 1.54) is 12.1 Å². The Bertz CT molecular complexity index is 545. The summed E-state index contributed by atoms with van der Waals surface area (Å²) >= 11 is 0. The number of benzene rings is 1. The Morgan fingerprint density at radius 2 is 2.06 bits per heavy atom. The molecule has 0 amide bonds. The van der Waals surface area contributed by atoms with Gasteiger partial charge in [0.2, 0.25) is 10.0 Å². The van der Waals surface area contributed by atoms with E-state index in [1.807, 2.05) is 13.0 Å². The first-order chi connectivity index (χ1) is 7.54. The van der Waals surface area contributed by atoms with E-state index in [0.717, 1.165) is 6.42 Å². The van der Waals surface area contributed by atoms with Gasteiger partial charge in [0.05, 0.1) is 10.5 Å². The summed E-state index contributed by atoms with van der Waals surface area (Å²) in [4.78, 5) is 0.0663. The van der Waals surface area contributed by atoms with Gasteiger partial charge in [0.1, 0.15) is 6.07 Å². The summed E-state index contributed by atoms with van der Waals surface area (Å²) in [6.07, 6.45) is 0.869. The van der Waals surface area contributed by atoms with Crippen molar-refractivity contribution in [2.24, 2.45) is 5.92 Å². The first kappa shape index (κ1) is 11.1. The highest BCUT2D eigenvalue weighted by molar-refractivity contribution is 7.89. The average molecular weight is 236 g/mol. The fourth-order valence-electron chi connectivity index (χ4n) is 1.54. The molecule has 0 saturated heterocycles. The maximum atomic E-state index is 11.9. The molecule has 16 heavy (non-hydrogen) atoms. The van der Waals surface area contributed by atoms with Gasteiger partial charge >= 0.3 is 0 Å². The minimum atomic E-state index is -3.55. The lowest BCUT2D eigenvalue weighted by molar-refractivity contribution is 0.578. The largest absolute Gasteiger partial charge is 0.242 e. The maximum Gasteiger partial charge on any atom is 0.242 e. The van der Waals surface area contributed by atoms with Crippen LogP contribution in [0.25, 0.3) is 0 Å². The molecule has 0 heterocycles. The van der Waals surface area contributed by atoms with Crippen LogP contribution in [0.15, 0.2) is 29.2 Å². The number of hydrogen-bond acceptors (Lipinski definition) is 3. The smallest absolute Gasteiger partial charge is 0.208 e. The molecule has 5 heteroatoms. The number of nitrogens with zero attached hydrogens (tertiary/aromatic N) is 1. The van der Waals surface area contributed by atoms with Gasteiger partial charge in [-0.3, -0.25) is 0 Å². The van der Waals surface area contributed by atoms with Crippen LogP contribution in [-0.2, 0) is 10.0 Å². The third-order valence-corrected chi connectivity index (χ3v) is 4.26. The van der Waals surface area contributed by atoms with Crippen molar-refractivity contribution < 1.29 is 8.42 Å². The maximum absolute atomic E-state index is 11.9. The van der Waals surface area contributed by atoms with Crippen molar-refractivity contribution in [1.82, 2.24) is 4.72 Å². The molecular formula is C11H12N2O2S. The van der Waals surface area contributed by atoms with Crippen LogP contribution in [0.1, 0.15) is 18.9 Å². The monoisotopic (exact) mass is 236 g/mol. The van der Waals surface area contributed by atoms with Gasteiger partial charge in [-0.1, -0.05) is 19.1 Å². The molecule has 2 atom stereocenters. The quantitative estimate of drug-likeness (QED) is 0.858. The molecule has 0 radical (unpaired) electrons. The minimum absolute atomic E-state index is 0.0248. The van der Waals surface area contributed by atoms with E-state index >= 15 is 0 Å². The molecule has 0 aliphatic heterocycles. The summed E-state index contributed by atoms with van der Waals surface area (Å²) in [5.41, 5.74) is 0.184. The molecule has 0 spiro atoms. The van der Waals surface area contributed by atoms with E-state index in [2.05, 4.69) is 4.72 Å². The van der Waals surface area contributed by atoms with E-state index < -0.39 is 10.0 Å². The molecule has 1 aliphatic rings. The third kappa shape index (κ3) is 2.08. The number of sulfonamides is 1. The lowest BCUT2D eigenvalue weighted by atomic mass is 10.2. The van der Waals surface area contributed by atoms with Gasteiger partial charge in [-0.2, -0.15) is 5.26 Å². The predicted octanol–water partition coefficient (Wildman–Crippen LogP) is 1.24. The van der Waals surface area contributed by atoms with Crippen LogP contribution in [0.5, 0.6) is 0 Å². The minimum Gasteiger partial charge on any atom is -0.208 e. The number of rotatable bonds is 3. The molecule has 1 N–H and O–H groups in total. The highest BCUT2D eigenvalue weighted by atomic mass is 32.2. The predicted molar refractivity (Wildman–Crippen MR) is 59.0 cm³/mol. The van der Waals surface area contributed by atoms with E-state index in [1.54, 1.807) is 12.1 Å². The second-order valence-corrected chi connectivity index (χ2v) is 5.73. The molecule has 84 valence electrons. The number of hydrogen-bond donors (Lipinski definition) is 1. The van der Waals surface area contributed by atoms with Crippen molar-refractivity contribution in [1.29, 1.82) is 5.26 Å². The van der Waals surface area contributed by atoms with Crippen LogP contribution in [0, 0.1) is 17.2 Å². The lowest BCUT2D eigenvalue weighted by Gasteiger charge is -2.06. The average Bonchev–Trinajstić information content (AvgIpc) is 2.93. The SMILES string of the molecule is CC1CC1NS(=O)(=O)c1ccccc1C#N. The zero-order valence-corrected chi connectivity index (χ0v) is 9.66. The van der Waals surface area contributed by atoms with E-state index in [4.69, 9.17) is 5.26 Å². The summed E-state index contributed by atoms with van der Waals surface area (Å²) in [5.74, 6) is 0.393. The first-order valence-corrected chi connectivity index (χ1v) is 6.54. The second-order valence-electron chi connectivity index (χ2n) is 4.05. The van der Waals surface area contributed by atoms with Crippen LogP contribution in [0.3, 0.4) is 0 Å². The number of nitrogens with one attached hydrogen (secondary N) is 1. The highest BCUT2D eigenvalue weighted by Crippen LogP contribution is 2.31. The van der Waals surface area contributed by atoms with Gasteiger partial charge in [0, 0.05) is 6.04 Å². The first-order valence-electron chi connectivity index (χ1n) is 5.06. The van der Waals surface area contributed by atoms with Crippen molar-refractivity contribution in [3.05, 3.63) is 29.8 Å². The van der Waals surface area contributed by atoms with Gasteiger partial charge in [0.25, 0.3) is 0 Å². The summed E-state index contributed by atoms with van der Waals surface area (Å²) in [5, 5.41) is 8.84. The van der Waals surface area contributed by atoms with Gasteiger partial charge in [-0.05, 0) is 24.5 Å². The van der Waals surface area contributed by atoms with Gasteiger partial charge in [-0.15, -0.1) is 0 Å². The van der Waals surface area contributed by atoms with Crippen molar-refractivity contribution in [2.75, 3.05) is 0 Å². The fraction of sp³-hybridized carbons (Fsp3) is 0.364. The molecule has 0 aromatic heterocycles. The zero-order chi connectivity index (χ0) is 11.8. The molecule has 4 nitrogen and oxygen atoms in total. The molecule has 1 aliphatic carbocycles. The Hall–Kier alpha value is -1.38. The summed E-state index contributed by atoms with van der Waals surface area (Å²) in [6, 6.07) is 8.14. The zero-order valence-electron chi connectivity index (χ0n) is 8.84. The molecule has 1 saturated carbocycles. The van der Waals surface area contributed by atoms with Crippen LogP contribution in [-0.4, -0.2) is 14.5 Å². The van der Waals surface area contributed by atoms with Crippen LogP contribution >= 0.6 is 0 Å². The Morgan fingerprint density at radius 3 is 2.62 bits per heavy atom. The third-order valence-electron chi connectivity index (χ3n) is 2.71. The topological polar surface area (TPSA) is 70.0 Å². The Morgan fingerprint density at radius 1 is 1.44 bits per heavy atom. The normalized spacial score (nSPS) is 23.8. The summed E-state index contributed by atoms with van der Waals surface area (Å²) in [7, 11) is -3.55. The highest BCUT2D eigenvalue weighted by Gasteiger charge is 2.36. The molecule has 0 bridgehead atoms. The lowest BCUT2D eigenvalue weighted by Crippen LogP contribution is -2.27. The molecule has 2 rings (SSSR count). The molecule has 1 fully saturated rings.